The Bertz CT molecular complexity index is 660. The molecule has 116 valence electrons. The Morgan fingerprint density at radius 1 is 1.09 bits per heavy atom. The molecule has 0 aliphatic carbocycles. The third-order valence-electron chi connectivity index (χ3n) is 2.87. The van der Waals surface area contributed by atoms with Crippen molar-refractivity contribution >= 4 is 28.8 Å². The summed E-state index contributed by atoms with van der Waals surface area (Å²) in [6.45, 7) is -0.221. The Hall–Kier alpha value is -2.28. The molecule has 0 unspecified atom stereocenters. The number of hydrogen-bond acceptors (Lipinski definition) is 3. The van der Waals surface area contributed by atoms with Crippen LogP contribution in [0.1, 0.15) is 12.0 Å². The number of hydrogen-bond donors (Lipinski definition) is 2. The van der Waals surface area contributed by atoms with Crippen LogP contribution in [0.3, 0.4) is 0 Å². The van der Waals surface area contributed by atoms with Gasteiger partial charge in [-0.3, -0.25) is 9.59 Å². The van der Waals surface area contributed by atoms with Gasteiger partial charge in [-0.15, -0.1) is 0 Å². The van der Waals surface area contributed by atoms with Crippen molar-refractivity contribution in [3.8, 4) is 0 Å². The van der Waals surface area contributed by atoms with Gasteiger partial charge in [0.1, 0.15) is 0 Å². The van der Waals surface area contributed by atoms with Crippen molar-refractivity contribution in [2.75, 3.05) is 11.9 Å². The van der Waals surface area contributed by atoms with Crippen LogP contribution in [0.4, 0.5) is 14.5 Å². The number of anilines is 1. The van der Waals surface area contributed by atoms with E-state index in [9.17, 15) is 18.4 Å². The average Bonchev–Trinajstić information content (AvgIpc) is 3.00. The molecule has 1 aromatic heterocycles. The summed E-state index contributed by atoms with van der Waals surface area (Å²) in [4.78, 5) is 23.2. The summed E-state index contributed by atoms with van der Waals surface area (Å²) >= 11 is 1.56. The predicted octanol–water partition coefficient (Wildman–Crippen LogP) is 2.71. The highest BCUT2D eigenvalue weighted by Crippen LogP contribution is 2.12. The van der Waals surface area contributed by atoms with Gasteiger partial charge < -0.3 is 10.6 Å². The summed E-state index contributed by atoms with van der Waals surface area (Å²) in [5, 5.41) is 8.75. The quantitative estimate of drug-likeness (QED) is 0.858. The van der Waals surface area contributed by atoms with E-state index in [1.165, 1.54) is 6.07 Å². The van der Waals surface area contributed by atoms with Gasteiger partial charge in [0.2, 0.25) is 11.8 Å². The first-order chi connectivity index (χ1) is 10.5. The first kappa shape index (κ1) is 16.1. The van der Waals surface area contributed by atoms with E-state index in [2.05, 4.69) is 10.6 Å². The number of amides is 2. The van der Waals surface area contributed by atoms with Crippen molar-refractivity contribution in [1.29, 1.82) is 0 Å². The molecule has 1 heterocycles. The van der Waals surface area contributed by atoms with Crippen LogP contribution in [0.25, 0.3) is 0 Å². The standard InChI is InChI=1S/C15H14F2N2O2S/c16-12-3-2-11(7-13(12)17)19-15(21)8-18-14(20)4-1-10-5-6-22-9-10/h2-3,5-7,9H,1,4,8H2,(H,18,20)(H,19,21). The SMILES string of the molecule is O=C(CCc1ccsc1)NCC(=O)Nc1ccc(F)c(F)c1. The molecular weight excluding hydrogens is 310 g/mol. The molecule has 7 heteroatoms. The lowest BCUT2D eigenvalue weighted by molar-refractivity contribution is -0.124. The highest BCUT2D eigenvalue weighted by molar-refractivity contribution is 7.07. The van der Waals surface area contributed by atoms with Crippen LogP contribution in [0.2, 0.25) is 0 Å². The molecule has 0 spiro atoms. The maximum Gasteiger partial charge on any atom is 0.243 e. The summed E-state index contributed by atoms with van der Waals surface area (Å²) in [5.74, 6) is -2.78. The van der Waals surface area contributed by atoms with Gasteiger partial charge in [0.15, 0.2) is 11.6 Å². The number of rotatable bonds is 6. The van der Waals surface area contributed by atoms with Crippen molar-refractivity contribution in [2.45, 2.75) is 12.8 Å². The van der Waals surface area contributed by atoms with Gasteiger partial charge in [0, 0.05) is 18.2 Å². The molecule has 2 aromatic rings. The average molecular weight is 324 g/mol. The minimum Gasteiger partial charge on any atom is -0.347 e. The number of halogens is 2. The van der Waals surface area contributed by atoms with E-state index in [1.54, 1.807) is 11.3 Å². The Balaban J connectivity index is 1.72. The second-order valence-corrected chi connectivity index (χ2v) is 5.37. The summed E-state index contributed by atoms with van der Waals surface area (Å²) in [6.07, 6.45) is 0.898. The lowest BCUT2D eigenvalue weighted by Crippen LogP contribution is -2.32. The Kier molecular flexibility index (Phi) is 5.60. The van der Waals surface area contributed by atoms with E-state index in [0.29, 0.717) is 6.42 Å². The third-order valence-corrected chi connectivity index (χ3v) is 3.60. The van der Waals surface area contributed by atoms with Gasteiger partial charge in [-0.2, -0.15) is 11.3 Å². The molecule has 2 amide bonds. The molecule has 0 aliphatic heterocycles. The topological polar surface area (TPSA) is 58.2 Å². The Labute approximate surface area is 130 Å². The van der Waals surface area contributed by atoms with E-state index < -0.39 is 17.5 Å². The normalized spacial score (nSPS) is 10.3. The number of nitrogens with one attached hydrogen (secondary N) is 2. The molecule has 0 atom stereocenters. The maximum atomic E-state index is 13.0. The van der Waals surface area contributed by atoms with Crippen LogP contribution in [0.5, 0.6) is 0 Å². The number of carbonyl (C=O) groups is 2. The minimum atomic E-state index is -1.04. The fourth-order valence-electron chi connectivity index (χ4n) is 1.74. The highest BCUT2D eigenvalue weighted by atomic mass is 32.1. The Morgan fingerprint density at radius 2 is 1.91 bits per heavy atom. The summed E-state index contributed by atoms with van der Waals surface area (Å²) in [7, 11) is 0. The zero-order chi connectivity index (χ0) is 15.9. The molecule has 1 aromatic carbocycles. The van der Waals surface area contributed by atoms with Crippen LogP contribution < -0.4 is 10.6 Å². The number of carbonyl (C=O) groups excluding carboxylic acids is 2. The summed E-state index contributed by atoms with van der Waals surface area (Å²) in [5.41, 5.74) is 1.21. The number of thiophene rings is 1. The molecule has 0 saturated carbocycles. The van der Waals surface area contributed by atoms with Gasteiger partial charge in [-0.05, 0) is 40.9 Å². The highest BCUT2D eigenvalue weighted by Gasteiger charge is 2.08. The van der Waals surface area contributed by atoms with Crippen LogP contribution in [-0.4, -0.2) is 18.4 Å². The van der Waals surface area contributed by atoms with Crippen molar-refractivity contribution in [3.05, 3.63) is 52.2 Å². The fourth-order valence-corrected chi connectivity index (χ4v) is 2.44. The molecule has 22 heavy (non-hydrogen) atoms. The van der Waals surface area contributed by atoms with Gasteiger partial charge >= 0.3 is 0 Å². The summed E-state index contributed by atoms with van der Waals surface area (Å²) in [6, 6.07) is 4.98. The molecule has 0 saturated heterocycles. The zero-order valence-corrected chi connectivity index (χ0v) is 12.4. The number of benzene rings is 1. The van der Waals surface area contributed by atoms with E-state index in [-0.39, 0.29) is 24.6 Å². The van der Waals surface area contributed by atoms with E-state index in [0.717, 1.165) is 17.7 Å². The van der Waals surface area contributed by atoms with Crippen LogP contribution in [0, 0.1) is 11.6 Å². The van der Waals surface area contributed by atoms with Crippen molar-refractivity contribution in [2.24, 2.45) is 0 Å². The van der Waals surface area contributed by atoms with Gasteiger partial charge in [0.05, 0.1) is 6.54 Å². The third kappa shape index (κ3) is 4.92. The minimum absolute atomic E-state index is 0.136. The van der Waals surface area contributed by atoms with Crippen molar-refractivity contribution in [1.82, 2.24) is 5.32 Å². The van der Waals surface area contributed by atoms with Crippen LogP contribution >= 0.6 is 11.3 Å². The van der Waals surface area contributed by atoms with Crippen LogP contribution in [0.15, 0.2) is 35.0 Å². The smallest absolute Gasteiger partial charge is 0.243 e. The molecular formula is C15H14F2N2O2S. The second kappa shape index (κ2) is 7.65. The van der Waals surface area contributed by atoms with E-state index >= 15 is 0 Å². The van der Waals surface area contributed by atoms with E-state index in [4.69, 9.17) is 0 Å². The molecule has 0 aliphatic rings. The van der Waals surface area contributed by atoms with Crippen molar-refractivity contribution < 1.29 is 18.4 Å². The van der Waals surface area contributed by atoms with Gasteiger partial charge in [-0.25, -0.2) is 8.78 Å². The molecule has 4 nitrogen and oxygen atoms in total. The van der Waals surface area contributed by atoms with Crippen molar-refractivity contribution in [3.63, 3.8) is 0 Å². The molecule has 2 rings (SSSR count). The predicted molar refractivity (Wildman–Crippen MR) is 80.6 cm³/mol. The fraction of sp³-hybridized carbons (Fsp3) is 0.200. The van der Waals surface area contributed by atoms with Gasteiger partial charge in [0.25, 0.3) is 0 Å². The Morgan fingerprint density at radius 3 is 2.59 bits per heavy atom. The lowest BCUT2D eigenvalue weighted by Gasteiger charge is -2.07. The summed E-state index contributed by atoms with van der Waals surface area (Å²) < 4.78 is 25.7. The maximum absolute atomic E-state index is 13.0. The molecule has 0 fully saturated rings. The molecule has 2 N–H and O–H groups in total. The van der Waals surface area contributed by atoms with Gasteiger partial charge in [-0.1, -0.05) is 0 Å². The zero-order valence-electron chi connectivity index (χ0n) is 11.6. The van der Waals surface area contributed by atoms with Crippen LogP contribution in [-0.2, 0) is 16.0 Å². The monoisotopic (exact) mass is 324 g/mol. The number of aryl methyl sites for hydroxylation is 1. The second-order valence-electron chi connectivity index (χ2n) is 4.59. The first-order valence-corrected chi connectivity index (χ1v) is 7.51. The first-order valence-electron chi connectivity index (χ1n) is 6.57. The lowest BCUT2D eigenvalue weighted by atomic mass is 10.2. The largest absolute Gasteiger partial charge is 0.347 e. The van der Waals surface area contributed by atoms with E-state index in [1.807, 2.05) is 16.8 Å². The molecule has 0 radical (unpaired) electrons. The molecule has 0 bridgehead atoms.